The van der Waals surface area contributed by atoms with Gasteiger partial charge in [-0.1, -0.05) is 13.8 Å². The highest BCUT2D eigenvalue weighted by Gasteiger charge is 2.49. The van der Waals surface area contributed by atoms with Crippen molar-refractivity contribution in [3.05, 3.63) is 18.2 Å². The lowest BCUT2D eigenvalue weighted by Gasteiger charge is -2.57. The molecule has 1 saturated carbocycles. The molecular formula is C23H36N4O. The van der Waals surface area contributed by atoms with Gasteiger partial charge >= 0.3 is 0 Å². The average molecular weight is 385 g/mol. The van der Waals surface area contributed by atoms with Crippen LogP contribution in [-0.4, -0.2) is 50.4 Å². The summed E-state index contributed by atoms with van der Waals surface area (Å²) in [6, 6.07) is 1.65. The summed E-state index contributed by atoms with van der Waals surface area (Å²) >= 11 is 0. The van der Waals surface area contributed by atoms with Gasteiger partial charge in [0.15, 0.2) is 0 Å². The first-order valence-electron chi connectivity index (χ1n) is 11.7. The first-order chi connectivity index (χ1) is 13.6. The third kappa shape index (κ3) is 3.51. The Bertz CT molecular complexity index is 709. The van der Waals surface area contributed by atoms with Crippen LogP contribution in [0.25, 0.3) is 0 Å². The number of hydrogen-bond donors (Lipinski definition) is 0. The molecular weight excluding hydrogens is 348 g/mol. The molecule has 4 atom stereocenters. The van der Waals surface area contributed by atoms with Crippen LogP contribution in [0.2, 0.25) is 0 Å². The lowest BCUT2D eigenvalue weighted by molar-refractivity contribution is -0.153. The van der Waals surface area contributed by atoms with E-state index in [0.29, 0.717) is 41.8 Å². The van der Waals surface area contributed by atoms with Gasteiger partial charge in [-0.15, -0.1) is 0 Å². The van der Waals surface area contributed by atoms with Crippen molar-refractivity contribution in [2.45, 2.75) is 89.9 Å². The summed E-state index contributed by atoms with van der Waals surface area (Å²) in [5.41, 5.74) is 0. The van der Waals surface area contributed by atoms with Gasteiger partial charge < -0.3 is 9.47 Å². The summed E-state index contributed by atoms with van der Waals surface area (Å²) in [5, 5.41) is 0. The van der Waals surface area contributed by atoms with Gasteiger partial charge in [0.25, 0.3) is 0 Å². The van der Waals surface area contributed by atoms with Crippen LogP contribution in [0.4, 0.5) is 0 Å². The van der Waals surface area contributed by atoms with Crippen LogP contribution in [0.5, 0.6) is 0 Å². The Morgan fingerprint density at radius 3 is 2.79 bits per heavy atom. The molecule has 154 valence electrons. The molecule has 1 aromatic rings. The number of rotatable bonds is 6. The number of fused-ring (bicyclic) bond motifs is 4. The number of nitrogens with zero attached hydrogens (tertiary/aromatic N) is 4. The van der Waals surface area contributed by atoms with E-state index < -0.39 is 0 Å². The zero-order valence-corrected chi connectivity index (χ0v) is 17.6. The third-order valence-corrected chi connectivity index (χ3v) is 7.67. The predicted octanol–water partition coefficient (Wildman–Crippen LogP) is 3.86. The van der Waals surface area contributed by atoms with Gasteiger partial charge in [-0.2, -0.15) is 0 Å². The molecule has 28 heavy (non-hydrogen) atoms. The molecule has 5 rings (SSSR count). The monoisotopic (exact) mass is 384 g/mol. The maximum Gasteiger partial charge on any atom is 0.223 e. The molecule has 4 heterocycles. The fourth-order valence-electron chi connectivity index (χ4n) is 6.23. The molecule has 0 unspecified atom stereocenters. The number of carbonyl (C=O) groups is 1. The summed E-state index contributed by atoms with van der Waals surface area (Å²) in [5.74, 6) is 3.69. The maximum absolute atomic E-state index is 12.9. The van der Waals surface area contributed by atoms with E-state index in [9.17, 15) is 4.79 Å². The van der Waals surface area contributed by atoms with Crippen LogP contribution < -0.4 is 0 Å². The molecule has 0 N–H and O–H groups in total. The van der Waals surface area contributed by atoms with Crippen molar-refractivity contribution in [2.75, 3.05) is 13.1 Å². The van der Waals surface area contributed by atoms with Crippen molar-refractivity contribution in [1.29, 1.82) is 0 Å². The molecule has 1 amide bonds. The molecule has 0 aromatic carbocycles. The highest BCUT2D eigenvalue weighted by atomic mass is 16.2. The molecule has 1 aromatic heterocycles. The van der Waals surface area contributed by atoms with E-state index in [-0.39, 0.29) is 0 Å². The highest BCUT2D eigenvalue weighted by molar-refractivity contribution is 5.78. The molecule has 5 nitrogen and oxygen atoms in total. The zero-order chi connectivity index (χ0) is 19.3. The fraction of sp³-hybridized carbons (Fsp3) is 0.826. The van der Waals surface area contributed by atoms with E-state index in [1.807, 2.05) is 6.20 Å². The van der Waals surface area contributed by atoms with E-state index in [1.165, 1.54) is 44.3 Å². The highest BCUT2D eigenvalue weighted by Crippen LogP contribution is 2.43. The standard InChI is InChI=1S/C23H36N4O/c1-16(2)6-9-21-18-12-17(20-4-3-5-23(28)27(20)21)13-25(14-18)15-22-24-10-11-26(22)19-7-8-19/h10-11,16-21H,3-9,12-15H2,1-2H3/t17-,18+,20+,21+/m1/s1. The number of carbonyl (C=O) groups excluding carboxylic acids is 1. The van der Waals surface area contributed by atoms with Crippen LogP contribution in [0.15, 0.2) is 12.4 Å². The normalized spacial score (nSPS) is 33.4. The summed E-state index contributed by atoms with van der Waals surface area (Å²) < 4.78 is 2.41. The van der Waals surface area contributed by atoms with Gasteiger partial charge in [0.05, 0.1) is 6.54 Å². The minimum Gasteiger partial charge on any atom is -0.336 e. The predicted molar refractivity (Wildman–Crippen MR) is 110 cm³/mol. The van der Waals surface area contributed by atoms with Gasteiger partial charge in [-0.3, -0.25) is 9.69 Å². The molecule has 4 aliphatic rings. The molecule has 3 saturated heterocycles. The molecule has 1 aliphatic carbocycles. The molecule has 0 radical (unpaired) electrons. The number of hydrogen-bond acceptors (Lipinski definition) is 3. The van der Waals surface area contributed by atoms with Gasteiger partial charge in [-0.05, 0) is 62.7 Å². The number of amides is 1. The minimum atomic E-state index is 0.442. The first kappa shape index (κ1) is 18.7. The lowest BCUT2D eigenvalue weighted by atomic mass is 9.71. The Morgan fingerprint density at radius 2 is 2.00 bits per heavy atom. The van der Waals surface area contributed by atoms with E-state index in [4.69, 9.17) is 4.98 Å². The topological polar surface area (TPSA) is 41.4 Å². The SMILES string of the molecule is CC(C)CC[C@H]1[C@H]2C[C@H](CN(Cc3nccn3C3CC3)C2)[C@@H]2CCCC(=O)N21. The Morgan fingerprint density at radius 1 is 1.18 bits per heavy atom. The van der Waals surface area contributed by atoms with Crippen LogP contribution in [0, 0.1) is 17.8 Å². The number of likely N-dealkylation sites (tertiary alicyclic amines) is 1. The van der Waals surface area contributed by atoms with E-state index >= 15 is 0 Å². The van der Waals surface area contributed by atoms with Crippen LogP contribution in [-0.2, 0) is 11.3 Å². The largest absolute Gasteiger partial charge is 0.336 e. The molecule has 0 spiro atoms. The molecule has 2 bridgehead atoms. The molecule has 3 aliphatic heterocycles. The van der Waals surface area contributed by atoms with Gasteiger partial charge in [0, 0.05) is 50.0 Å². The van der Waals surface area contributed by atoms with Crippen molar-refractivity contribution < 1.29 is 4.79 Å². The van der Waals surface area contributed by atoms with Crippen molar-refractivity contribution >= 4 is 5.91 Å². The van der Waals surface area contributed by atoms with E-state index in [0.717, 1.165) is 32.5 Å². The Balaban J connectivity index is 1.35. The summed E-state index contributed by atoms with van der Waals surface area (Å²) in [7, 11) is 0. The van der Waals surface area contributed by atoms with Gasteiger partial charge in [-0.25, -0.2) is 4.98 Å². The molecule has 5 heteroatoms. The average Bonchev–Trinajstić information content (AvgIpc) is 3.41. The quantitative estimate of drug-likeness (QED) is 0.748. The molecule has 4 fully saturated rings. The van der Waals surface area contributed by atoms with Gasteiger partial charge in [0.2, 0.25) is 5.91 Å². The number of piperidine rings is 3. The number of aromatic nitrogens is 2. The number of imidazole rings is 1. The second kappa shape index (κ2) is 7.47. The Hall–Kier alpha value is -1.36. The summed E-state index contributed by atoms with van der Waals surface area (Å²) in [6.45, 7) is 7.87. The second-order valence-corrected chi connectivity index (χ2v) is 10.2. The van der Waals surface area contributed by atoms with E-state index in [2.05, 4.69) is 34.4 Å². The zero-order valence-electron chi connectivity index (χ0n) is 17.6. The summed E-state index contributed by atoms with van der Waals surface area (Å²) in [4.78, 5) is 22.6. The van der Waals surface area contributed by atoms with Crippen LogP contribution in [0.3, 0.4) is 0 Å². The summed E-state index contributed by atoms with van der Waals surface area (Å²) in [6.07, 6.45) is 13.6. The van der Waals surface area contributed by atoms with Crippen molar-refractivity contribution in [3.8, 4) is 0 Å². The van der Waals surface area contributed by atoms with Crippen molar-refractivity contribution in [3.63, 3.8) is 0 Å². The van der Waals surface area contributed by atoms with Crippen molar-refractivity contribution in [1.82, 2.24) is 19.4 Å². The van der Waals surface area contributed by atoms with E-state index in [1.54, 1.807) is 0 Å². The van der Waals surface area contributed by atoms with Gasteiger partial charge in [0.1, 0.15) is 5.82 Å². The third-order valence-electron chi connectivity index (χ3n) is 7.67. The Labute approximate surface area is 169 Å². The first-order valence-corrected chi connectivity index (χ1v) is 11.7. The fourth-order valence-corrected chi connectivity index (χ4v) is 6.23. The minimum absolute atomic E-state index is 0.442. The Kier molecular flexibility index (Phi) is 4.98. The smallest absolute Gasteiger partial charge is 0.223 e. The second-order valence-electron chi connectivity index (χ2n) is 10.2. The van der Waals surface area contributed by atoms with Crippen molar-refractivity contribution in [2.24, 2.45) is 17.8 Å². The van der Waals surface area contributed by atoms with Crippen LogP contribution in [0.1, 0.15) is 77.1 Å². The lowest BCUT2D eigenvalue weighted by Crippen LogP contribution is -2.64. The van der Waals surface area contributed by atoms with Crippen LogP contribution >= 0.6 is 0 Å². The maximum atomic E-state index is 12.9.